The van der Waals surface area contributed by atoms with E-state index in [1.54, 1.807) is 18.2 Å². The molecule has 0 aliphatic heterocycles. The van der Waals surface area contributed by atoms with Gasteiger partial charge in [0.25, 0.3) is 5.56 Å². The first-order valence-corrected chi connectivity index (χ1v) is 7.87. The molecule has 0 atom stereocenters. The van der Waals surface area contributed by atoms with Gasteiger partial charge in [0.05, 0.1) is 4.88 Å². The van der Waals surface area contributed by atoms with Crippen molar-refractivity contribution < 1.29 is 5.11 Å². The Morgan fingerprint density at radius 3 is 2.76 bits per heavy atom. The fourth-order valence-electron chi connectivity index (χ4n) is 2.09. The molecule has 4 nitrogen and oxygen atoms in total. The first kappa shape index (κ1) is 14.0. The molecule has 0 radical (unpaired) electrons. The highest BCUT2D eigenvalue weighted by atomic mass is 79.9. The summed E-state index contributed by atoms with van der Waals surface area (Å²) in [5.74, 6) is 0.128. The zero-order valence-electron chi connectivity index (χ0n) is 11.1. The van der Waals surface area contributed by atoms with Crippen LogP contribution in [0.4, 0.5) is 0 Å². The van der Waals surface area contributed by atoms with E-state index in [2.05, 4.69) is 25.9 Å². The average Bonchev–Trinajstić information content (AvgIpc) is 2.84. The number of thiophene rings is 1. The van der Waals surface area contributed by atoms with E-state index in [4.69, 9.17) is 0 Å². The number of aromatic nitrogens is 2. The van der Waals surface area contributed by atoms with Gasteiger partial charge in [0, 0.05) is 4.47 Å². The summed E-state index contributed by atoms with van der Waals surface area (Å²) in [5.41, 5.74) is 1.44. The van der Waals surface area contributed by atoms with E-state index >= 15 is 0 Å². The highest BCUT2D eigenvalue weighted by Gasteiger charge is 2.15. The summed E-state index contributed by atoms with van der Waals surface area (Å²) in [7, 11) is 0. The minimum atomic E-state index is -0.358. The van der Waals surface area contributed by atoms with Crippen molar-refractivity contribution in [2.24, 2.45) is 0 Å². The molecule has 0 spiro atoms. The molecule has 2 heterocycles. The van der Waals surface area contributed by atoms with Crippen molar-refractivity contribution in [1.29, 1.82) is 0 Å². The molecular formula is C15H11BrN2O2S. The van der Waals surface area contributed by atoms with E-state index < -0.39 is 0 Å². The maximum absolute atomic E-state index is 12.3. The number of halogens is 1. The number of aromatic amines is 1. The summed E-state index contributed by atoms with van der Waals surface area (Å²) < 4.78 is 0.831. The van der Waals surface area contributed by atoms with E-state index in [1.807, 2.05) is 24.4 Å². The van der Waals surface area contributed by atoms with Gasteiger partial charge in [-0.3, -0.25) is 4.79 Å². The van der Waals surface area contributed by atoms with Crippen LogP contribution in [-0.2, 0) is 0 Å². The Morgan fingerprint density at radius 2 is 2.14 bits per heavy atom. The van der Waals surface area contributed by atoms with E-state index in [1.165, 1.54) is 11.3 Å². The first-order valence-electron chi connectivity index (χ1n) is 6.20. The molecule has 0 amide bonds. The first-order chi connectivity index (χ1) is 10.1. The van der Waals surface area contributed by atoms with Gasteiger partial charge in [0.1, 0.15) is 5.56 Å². The minimum absolute atomic E-state index is 0.175. The summed E-state index contributed by atoms with van der Waals surface area (Å²) in [5, 5.41) is 12.1. The summed E-state index contributed by atoms with van der Waals surface area (Å²) in [4.78, 5) is 20.0. The second kappa shape index (κ2) is 5.46. The molecule has 0 unspecified atom stereocenters. The number of nitrogens with one attached hydrogen (secondary N) is 1. The Bertz CT molecular complexity index is 870. The number of aromatic hydroxyl groups is 1. The summed E-state index contributed by atoms with van der Waals surface area (Å²) in [6, 6.07) is 9.12. The van der Waals surface area contributed by atoms with Crippen LogP contribution in [0.3, 0.4) is 0 Å². The zero-order chi connectivity index (χ0) is 15.0. The Labute approximate surface area is 133 Å². The third-order valence-corrected chi connectivity index (χ3v) is 4.61. The summed E-state index contributed by atoms with van der Waals surface area (Å²) >= 11 is 4.82. The summed E-state index contributed by atoms with van der Waals surface area (Å²) in [6.45, 7) is 1.94. The van der Waals surface area contributed by atoms with Crippen LogP contribution < -0.4 is 5.56 Å². The second-order valence-corrected chi connectivity index (χ2v) is 6.39. The zero-order valence-corrected chi connectivity index (χ0v) is 13.5. The third-order valence-electron chi connectivity index (χ3n) is 3.09. The van der Waals surface area contributed by atoms with Crippen molar-refractivity contribution >= 4 is 27.3 Å². The summed E-state index contributed by atoms with van der Waals surface area (Å²) in [6.07, 6.45) is 0. The Balaban J connectivity index is 2.18. The topological polar surface area (TPSA) is 66.0 Å². The van der Waals surface area contributed by atoms with Gasteiger partial charge < -0.3 is 10.1 Å². The molecule has 21 heavy (non-hydrogen) atoms. The smallest absolute Gasteiger partial charge is 0.262 e. The molecule has 0 aliphatic carbocycles. The standard InChI is InChI=1S/C15H11BrN2O2S/c1-8-5-6-21-12(8)13-17-14(19)11(15(20)18-13)9-3-2-4-10(16)7-9/h2-7H,1H3,(H2,17,18,19,20). The van der Waals surface area contributed by atoms with Gasteiger partial charge in [-0.1, -0.05) is 28.1 Å². The largest absolute Gasteiger partial charge is 0.493 e. The molecule has 1 aromatic carbocycles. The Kier molecular flexibility index (Phi) is 3.65. The Morgan fingerprint density at radius 1 is 1.33 bits per heavy atom. The molecule has 106 valence electrons. The maximum atomic E-state index is 12.3. The molecule has 2 N–H and O–H groups in total. The minimum Gasteiger partial charge on any atom is -0.493 e. The molecule has 3 aromatic rings. The molecule has 6 heteroatoms. The van der Waals surface area contributed by atoms with Crippen molar-refractivity contribution in [1.82, 2.24) is 9.97 Å². The Hall–Kier alpha value is -1.92. The van der Waals surface area contributed by atoms with Crippen LogP contribution in [0.25, 0.3) is 21.8 Å². The van der Waals surface area contributed by atoms with E-state index in [0.29, 0.717) is 11.4 Å². The highest BCUT2D eigenvalue weighted by molar-refractivity contribution is 9.10. The molecule has 0 bridgehead atoms. The van der Waals surface area contributed by atoms with Crippen molar-refractivity contribution in [3.05, 3.63) is 56.1 Å². The number of hydrogen-bond acceptors (Lipinski definition) is 4. The number of hydrogen-bond donors (Lipinski definition) is 2. The number of rotatable bonds is 2. The van der Waals surface area contributed by atoms with Crippen LogP contribution in [0, 0.1) is 6.92 Å². The lowest BCUT2D eigenvalue weighted by Gasteiger charge is -2.06. The van der Waals surface area contributed by atoms with Crippen LogP contribution in [-0.4, -0.2) is 15.1 Å². The van der Waals surface area contributed by atoms with E-state index in [0.717, 1.165) is 14.9 Å². The fraction of sp³-hybridized carbons (Fsp3) is 0.0667. The number of H-pyrrole nitrogens is 1. The predicted molar refractivity (Wildman–Crippen MR) is 87.7 cm³/mol. The van der Waals surface area contributed by atoms with Crippen molar-refractivity contribution in [2.75, 3.05) is 0 Å². The van der Waals surface area contributed by atoms with Gasteiger partial charge in [-0.2, -0.15) is 4.98 Å². The lowest BCUT2D eigenvalue weighted by molar-refractivity contribution is 0.454. The lowest BCUT2D eigenvalue weighted by Crippen LogP contribution is -2.12. The van der Waals surface area contributed by atoms with Gasteiger partial charge >= 0.3 is 0 Å². The molecule has 3 rings (SSSR count). The predicted octanol–water partition coefficient (Wildman–Crippen LogP) is 3.94. The third kappa shape index (κ3) is 2.64. The fourth-order valence-corrected chi connectivity index (χ4v) is 3.36. The van der Waals surface area contributed by atoms with Crippen LogP contribution >= 0.6 is 27.3 Å². The van der Waals surface area contributed by atoms with E-state index in [9.17, 15) is 9.90 Å². The molecular weight excluding hydrogens is 352 g/mol. The van der Waals surface area contributed by atoms with Crippen LogP contribution in [0.2, 0.25) is 0 Å². The SMILES string of the molecule is Cc1ccsc1-c1nc(O)c(-c2cccc(Br)c2)c(=O)[nH]1. The number of benzene rings is 1. The second-order valence-electron chi connectivity index (χ2n) is 4.56. The average molecular weight is 363 g/mol. The van der Waals surface area contributed by atoms with Gasteiger partial charge in [-0.05, 0) is 41.6 Å². The van der Waals surface area contributed by atoms with Gasteiger partial charge in [0.15, 0.2) is 5.82 Å². The molecule has 0 fully saturated rings. The number of nitrogens with zero attached hydrogens (tertiary/aromatic N) is 1. The molecule has 2 aromatic heterocycles. The van der Waals surface area contributed by atoms with Crippen molar-refractivity contribution in [3.63, 3.8) is 0 Å². The van der Waals surface area contributed by atoms with Gasteiger partial charge in [-0.25, -0.2) is 0 Å². The molecule has 0 saturated heterocycles. The van der Waals surface area contributed by atoms with Gasteiger partial charge in [-0.15, -0.1) is 11.3 Å². The maximum Gasteiger partial charge on any atom is 0.262 e. The molecule has 0 aliphatic rings. The van der Waals surface area contributed by atoms with E-state index in [-0.39, 0.29) is 17.0 Å². The molecule has 0 saturated carbocycles. The number of aryl methyl sites for hydroxylation is 1. The van der Waals surface area contributed by atoms with Crippen molar-refractivity contribution in [2.45, 2.75) is 6.92 Å². The van der Waals surface area contributed by atoms with Crippen molar-refractivity contribution in [3.8, 4) is 27.7 Å². The van der Waals surface area contributed by atoms with Crippen LogP contribution in [0.15, 0.2) is 45.0 Å². The quantitative estimate of drug-likeness (QED) is 0.725. The normalized spacial score (nSPS) is 10.8. The highest BCUT2D eigenvalue weighted by Crippen LogP contribution is 2.30. The monoisotopic (exact) mass is 362 g/mol. The van der Waals surface area contributed by atoms with Gasteiger partial charge in [0.2, 0.25) is 5.88 Å². The van der Waals surface area contributed by atoms with Crippen LogP contribution in [0.5, 0.6) is 5.88 Å². The van der Waals surface area contributed by atoms with Crippen LogP contribution in [0.1, 0.15) is 5.56 Å². The lowest BCUT2D eigenvalue weighted by atomic mass is 10.1.